The van der Waals surface area contributed by atoms with Crippen molar-refractivity contribution >= 4 is 22.9 Å². The van der Waals surface area contributed by atoms with Crippen molar-refractivity contribution in [1.29, 1.82) is 0 Å². The first kappa shape index (κ1) is 37.6. The summed E-state index contributed by atoms with van der Waals surface area (Å²) >= 11 is 0. The Morgan fingerprint density at radius 2 is 1.65 bits per heavy atom. The van der Waals surface area contributed by atoms with Crippen LogP contribution in [-0.4, -0.2) is 42.5 Å². The first-order valence-electron chi connectivity index (χ1n) is 19.1. The van der Waals surface area contributed by atoms with Crippen LogP contribution in [0.4, 0.5) is 0 Å². The van der Waals surface area contributed by atoms with E-state index in [1.54, 1.807) is 26.0 Å². The lowest BCUT2D eigenvalue weighted by Crippen LogP contribution is -2.52. The van der Waals surface area contributed by atoms with Gasteiger partial charge in [-0.3, -0.25) is 4.79 Å². The number of fused-ring (bicyclic) bond motifs is 11. The zero-order valence-electron chi connectivity index (χ0n) is 31.8. The number of esters is 2. The number of aryl methyl sites for hydroxylation is 1. The van der Waals surface area contributed by atoms with Gasteiger partial charge < -0.3 is 28.5 Å². The molecule has 1 N–H and O–H groups in total. The van der Waals surface area contributed by atoms with Gasteiger partial charge in [-0.2, -0.15) is 0 Å². The predicted octanol–water partition coefficient (Wildman–Crippen LogP) is 8.18. The molecule has 4 aromatic rings. The minimum atomic E-state index is -1.18. The number of allylic oxidation sites excluding steroid dienone is 1. The molecule has 1 fully saturated rings. The van der Waals surface area contributed by atoms with Gasteiger partial charge in [-0.15, -0.1) is 0 Å². The van der Waals surface area contributed by atoms with Gasteiger partial charge in [-0.05, 0) is 112 Å². The first-order valence-corrected chi connectivity index (χ1v) is 19.1. The number of carbonyl (C=O) groups is 2. The molecule has 1 aromatic heterocycles. The molecule has 0 saturated heterocycles. The summed E-state index contributed by atoms with van der Waals surface area (Å²) in [5, 5.41) is 11.0. The molecule has 0 radical (unpaired) electrons. The molecule has 2 bridgehead atoms. The van der Waals surface area contributed by atoms with Gasteiger partial charge in [0.1, 0.15) is 16.9 Å². The highest BCUT2D eigenvalue weighted by molar-refractivity contribution is 5.90. The molecule has 8 rings (SSSR count). The smallest absolute Gasteiger partial charge is 0.339 e. The number of aliphatic hydroxyl groups excluding tert-OH is 1. The second-order valence-corrected chi connectivity index (χ2v) is 15.8. The molecular weight excluding hydrogens is 684 g/mol. The summed E-state index contributed by atoms with van der Waals surface area (Å²) in [5.74, 6) is -0.204. The molecule has 5 atom stereocenters. The van der Waals surface area contributed by atoms with E-state index in [-0.39, 0.29) is 36.9 Å². The molecule has 0 spiro atoms. The third-order valence-electron chi connectivity index (χ3n) is 11.7. The number of carbonyl (C=O) groups excluding carboxylic acids is 2. The monoisotopic (exact) mass is 734 g/mol. The van der Waals surface area contributed by atoms with Gasteiger partial charge >= 0.3 is 17.6 Å². The highest BCUT2D eigenvalue weighted by Crippen LogP contribution is 2.49. The van der Waals surface area contributed by atoms with Crippen LogP contribution in [-0.2, 0) is 43.2 Å². The van der Waals surface area contributed by atoms with Crippen molar-refractivity contribution in [1.82, 2.24) is 0 Å². The quantitative estimate of drug-likeness (QED) is 0.123. The van der Waals surface area contributed by atoms with E-state index in [9.17, 15) is 19.5 Å². The Bertz CT molecular complexity index is 2110. The molecule has 0 amide bonds. The number of methoxy groups -OCH3 is 1. The molecule has 1 aliphatic carbocycles. The molecule has 9 heteroatoms. The maximum atomic E-state index is 14.5. The van der Waals surface area contributed by atoms with Crippen molar-refractivity contribution in [3.63, 3.8) is 0 Å². The zero-order chi connectivity index (χ0) is 38.1. The normalized spacial score (nSPS) is 24.1. The summed E-state index contributed by atoms with van der Waals surface area (Å²) < 4.78 is 30.7. The van der Waals surface area contributed by atoms with E-state index in [1.165, 1.54) is 18.2 Å². The molecule has 3 aliphatic heterocycles. The van der Waals surface area contributed by atoms with E-state index in [1.807, 2.05) is 19.9 Å². The van der Waals surface area contributed by atoms with Gasteiger partial charge in [0.05, 0.1) is 18.8 Å². The fourth-order valence-corrected chi connectivity index (χ4v) is 8.85. The van der Waals surface area contributed by atoms with Gasteiger partial charge in [0.25, 0.3) is 0 Å². The molecule has 4 aliphatic rings. The van der Waals surface area contributed by atoms with E-state index in [0.29, 0.717) is 52.2 Å². The fourth-order valence-electron chi connectivity index (χ4n) is 8.85. The maximum absolute atomic E-state index is 14.5. The summed E-state index contributed by atoms with van der Waals surface area (Å²) in [7, 11) is 1.54. The Kier molecular flexibility index (Phi) is 10.8. The van der Waals surface area contributed by atoms with Crippen LogP contribution in [0.15, 0.2) is 87.1 Å². The second-order valence-electron chi connectivity index (χ2n) is 15.8. The number of aliphatic hydroxyl groups is 1. The van der Waals surface area contributed by atoms with E-state index in [2.05, 4.69) is 48.5 Å². The molecular formula is C45H50O9. The van der Waals surface area contributed by atoms with E-state index >= 15 is 0 Å². The van der Waals surface area contributed by atoms with Gasteiger partial charge in [-0.25, -0.2) is 9.59 Å². The Morgan fingerprint density at radius 1 is 0.889 bits per heavy atom. The third-order valence-corrected chi connectivity index (χ3v) is 11.7. The van der Waals surface area contributed by atoms with Crippen molar-refractivity contribution < 1.29 is 38.1 Å². The van der Waals surface area contributed by atoms with E-state index < -0.39 is 42.0 Å². The largest absolute Gasteiger partial charge is 0.483 e. The molecule has 3 aromatic carbocycles. The van der Waals surface area contributed by atoms with Crippen LogP contribution in [0.1, 0.15) is 111 Å². The van der Waals surface area contributed by atoms with Crippen molar-refractivity contribution in [2.24, 2.45) is 5.92 Å². The lowest BCUT2D eigenvalue weighted by molar-refractivity contribution is -0.188. The predicted molar refractivity (Wildman–Crippen MR) is 204 cm³/mol. The molecule has 4 heterocycles. The standard InChI is InChI=1S/C45H50O9/c1-26(2)32-17-13-27-11-14-29(15-12-27)33-18-16-30(28-9-7-6-8-10-28)23-31(33)24-38(47)51-41-39-37(54-45(3,4)42(41)53-43(32)48)20-19-34-36(25-46)35(21-22-50-5)44(49)52-40(34)39/h6-12,14-15,19-20,30-31,33,41-42,46H,13,16-18,21-25H2,1-5H3. The molecule has 5 unspecified atom stereocenters. The van der Waals surface area contributed by atoms with Crippen LogP contribution in [0.3, 0.4) is 0 Å². The average molecular weight is 735 g/mol. The summed E-state index contributed by atoms with van der Waals surface area (Å²) in [4.78, 5) is 42.2. The van der Waals surface area contributed by atoms with Crippen LogP contribution in [0.25, 0.3) is 11.0 Å². The van der Waals surface area contributed by atoms with E-state index in [4.69, 9.17) is 23.4 Å². The molecule has 9 nitrogen and oxygen atoms in total. The van der Waals surface area contributed by atoms with E-state index in [0.717, 1.165) is 30.4 Å². The second kappa shape index (κ2) is 15.6. The maximum Gasteiger partial charge on any atom is 0.339 e. The Balaban J connectivity index is 1.36. The number of rotatable bonds is 5. The minimum Gasteiger partial charge on any atom is -0.483 e. The minimum absolute atomic E-state index is 0.0180. The molecule has 54 heavy (non-hydrogen) atoms. The first-order chi connectivity index (χ1) is 26.0. The third kappa shape index (κ3) is 7.36. The number of benzene rings is 3. The van der Waals surface area contributed by atoms with Crippen LogP contribution in [0.5, 0.6) is 5.75 Å². The van der Waals surface area contributed by atoms with Gasteiger partial charge in [0, 0.05) is 36.5 Å². The topological polar surface area (TPSA) is 122 Å². The Hall–Kier alpha value is -4.73. The summed E-state index contributed by atoms with van der Waals surface area (Å²) in [6, 6.07) is 22.6. The van der Waals surface area contributed by atoms with Gasteiger partial charge in [0.15, 0.2) is 12.2 Å². The van der Waals surface area contributed by atoms with Crippen LogP contribution < -0.4 is 10.4 Å². The fraction of sp³-hybridized carbons (Fsp3) is 0.444. The lowest BCUT2D eigenvalue weighted by Gasteiger charge is -2.43. The zero-order valence-corrected chi connectivity index (χ0v) is 31.8. The van der Waals surface area contributed by atoms with Gasteiger partial charge in [-0.1, -0.05) is 60.2 Å². The highest BCUT2D eigenvalue weighted by atomic mass is 16.6. The van der Waals surface area contributed by atoms with Crippen LogP contribution in [0, 0.1) is 5.92 Å². The van der Waals surface area contributed by atoms with Gasteiger partial charge in [0.2, 0.25) is 0 Å². The number of hydrogen-bond donors (Lipinski definition) is 1. The molecule has 1 saturated carbocycles. The summed E-state index contributed by atoms with van der Waals surface area (Å²) in [5.41, 5.74) is 4.26. The summed E-state index contributed by atoms with van der Waals surface area (Å²) in [6.07, 6.45) is 1.95. The van der Waals surface area contributed by atoms with Crippen molar-refractivity contribution in [3.8, 4) is 5.75 Å². The van der Waals surface area contributed by atoms with Crippen LogP contribution in [0.2, 0.25) is 0 Å². The van der Waals surface area contributed by atoms with Crippen molar-refractivity contribution in [2.45, 2.75) is 109 Å². The molecule has 284 valence electrons. The van der Waals surface area contributed by atoms with Crippen molar-refractivity contribution in [3.05, 3.63) is 122 Å². The van der Waals surface area contributed by atoms with Crippen LogP contribution >= 0.6 is 0 Å². The summed E-state index contributed by atoms with van der Waals surface area (Å²) in [6.45, 7) is 7.20. The highest BCUT2D eigenvalue weighted by Gasteiger charge is 2.51. The number of ether oxygens (including phenoxy) is 4. The number of hydrogen-bond acceptors (Lipinski definition) is 9. The van der Waals surface area contributed by atoms with Crippen molar-refractivity contribution in [2.75, 3.05) is 13.7 Å². The SMILES string of the molecule is COCCc1c(CO)c2ccc3c(c2oc1=O)C1OC(=O)CC2CC(c4ccccc4)CCC2c2ccc(cc2)CCC(=C(C)C)C(=O)OC1C(C)(C)O3. The lowest BCUT2D eigenvalue weighted by atomic mass is 9.68. The Morgan fingerprint density at radius 3 is 2.35 bits per heavy atom. The average Bonchev–Trinajstić information content (AvgIpc) is 3.15. The Labute approximate surface area is 316 Å².